The van der Waals surface area contributed by atoms with Crippen LogP contribution in [0.15, 0.2) is 23.1 Å². The van der Waals surface area contributed by atoms with Crippen molar-refractivity contribution in [1.82, 2.24) is 0 Å². The lowest BCUT2D eigenvalue weighted by Gasteiger charge is -2.10. The summed E-state index contributed by atoms with van der Waals surface area (Å²) in [7, 11) is 0. The maximum Gasteiger partial charge on any atom is 0.137 e. The zero-order valence-corrected chi connectivity index (χ0v) is 9.59. The first kappa shape index (κ1) is 12.5. The number of aliphatic hydroxyl groups is 2. The molecule has 0 bridgehead atoms. The molecule has 2 nitrogen and oxygen atoms in total. The summed E-state index contributed by atoms with van der Waals surface area (Å²) in [5.74, 6) is -0.348. The Labute approximate surface area is 93.1 Å². The van der Waals surface area contributed by atoms with Crippen molar-refractivity contribution < 1.29 is 14.6 Å². The van der Waals surface area contributed by atoms with E-state index in [4.69, 9.17) is 5.11 Å². The minimum Gasteiger partial charge on any atom is -0.395 e. The Morgan fingerprint density at radius 1 is 1.40 bits per heavy atom. The summed E-state index contributed by atoms with van der Waals surface area (Å²) >= 11 is 1.28. The minimum atomic E-state index is -0.659. The Kier molecular flexibility index (Phi) is 4.57. The van der Waals surface area contributed by atoms with Crippen LogP contribution in [0.5, 0.6) is 0 Å². The third-order valence-electron chi connectivity index (χ3n) is 2.02. The summed E-state index contributed by atoms with van der Waals surface area (Å²) < 4.78 is 13.5. The first-order valence-corrected chi connectivity index (χ1v) is 5.67. The highest BCUT2D eigenvalue weighted by atomic mass is 32.2. The van der Waals surface area contributed by atoms with E-state index >= 15 is 0 Å². The number of hydrogen-bond donors (Lipinski definition) is 2. The highest BCUT2D eigenvalue weighted by Crippen LogP contribution is 2.27. The second-order valence-corrected chi connectivity index (χ2v) is 4.96. The van der Waals surface area contributed by atoms with Crippen molar-refractivity contribution in [1.29, 1.82) is 0 Å². The third kappa shape index (κ3) is 3.48. The number of halogens is 1. The second kappa shape index (κ2) is 5.49. The van der Waals surface area contributed by atoms with Gasteiger partial charge < -0.3 is 10.2 Å². The van der Waals surface area contributed by atoms with E-state index in [0.29, 0.717) is 10.5 Å². The summed E-state index contributed by atoms with van der Waals surface area (Å²) in [6.07, 6.45) is -0.659. The molecule has 2 N–H and O–H groups in total. The van der Waals surface area contributed by atoms with Crippen molar-refractivity contribution in [3.63, 3.8) is 0 Å². The van der Waals surface area contributed by atoms with Crippen LogP contribution in [0, 0.1) is 5.82 Å². The van der Waals surface area contributed by atoms with Gasteiger partial charge in [0.1, 0.15) is 5.82 Å². The first-order valence-electron chi connectivity index (χ1n) is 4.79. The fourth-order valence-electron chi connectivity index (χ4n) is 1.13. The Hall–Kier alpha value is -0.580. The summed E-state index contributed by atoms with van der Waals surface area (Å²) in [4.78, 5) is 0.501. The highest BCUT2D eigenvalue weighted by Gasteiger charge is 2.10. The summed E-state index contributed by atoms with van der Waals surface area (Å²) in [5, 5.41) is 18.1. The van der Waals surface area contributed by atoms with Gasteiger partial charge in [0.15, 0.2) is 0 Å². The molecule has 1 rings (SSSR count). The molecule has 0 heterocycles. The van der Waals surface area contributed by atoms with Gasteiger partial charge >= 0.3 is 0 Å². The molecular weight excluding hydrogens is 215 g/mol. The van der Waals surface area contributed by atoms with Crippen LogP contribution in [0.3, 0.4) is 0 Å². The molecule has 0 saturated carbocycles. The molecule has 2 unspecified atom stereocenters. The van der Waals surface area contributed by atoms with Gasteiger partial charge in [-0.1, -0.05) is 13.0 Å². The lowest BCUT2D eigenvalue weighted by molar-refractivity contribution is 0.198. The van der Waals surface area contributed by atoms with Gasteiger partial charge in [-0.15, -0.1) is 11.8 Å². The zero-order valence-electron chi connectivity index (χ0n) is 8.77. The van der Waals surface area contributed by atoms with Crippen molar-refractivity contribution in [2.24, 2.45) is 0 Å². The molecule has 0 aliphatic heterocycles. The van der Waals surface area contributed by atoms with Crippen LogP contribution in [-0.2, 0) is 0 Å². The summed E-state index contributed by atoms with van der Waals surface area (Å²) in [5.41, 5.74) is 0.563. The molecule has 2 atom stereocenters. The topological polar surface area (TPSA) is 40.5 Å². The van der Waals surface area contributed by atoms with Gasteiger partial charge in [-0.25, -0.2) is 4.39 Å². The molecule has 0 saturated heterocycles. The maximum atomic E-state index is 13.5. The number of rotatable bonds is 4. The molecule has 15 heavy (non-hydrogen) atoms. The normalized spacial score (nSPS) is 15.0. The Bertz CT molecular complexity index is 328. The molecule has 1 aromatic rings. The number of benzene rings is 1. The molecule has 4 heteroatoms. The third-order valence-corrected chi connectivity index (χ3v) is 3.16. The summed E-state index contributed by atoms with van der Waals surface area (Å²) in [6.45, 7) is 3.44. The van der Waals surface area contributed by atoms with E-state index in [-0.39, 0.29) is 17.7 Å². The SMILES string of the molecule is CC(CO)Sc1ccc(C(C)O)cc1F. The van der Waals surface area contributed by atoms with Gasteiger partial charge in [0, 0.05) is 10.1 Å². The average Bonchev–Trinajstić information content (AvgIpc) is 2.20. The van der Waals surface area contributed by atoms with E-state index in [9.17, 15) is 9.50 Å². The molecule has 84 valence electrons. The molecule has 1 aromatic carbocycles. The molecule has 0 amide bonds. The number of thioether (sulfide) groups is 1. The average molecular weight is 230 g/mol. The fourth-order valence-corrected chi connectivity index (χ4v) is 1.95. The van der Waals surface area contributed by atoms with E-state index in [1.807, 2.05) is 6.92 Å². The van der Waals surface area contributed by atoms with Gasteiger partial charge in [-0.05, 0) is 24.6 Å². The number of aliphatic hydroxyl groups excluding tert-OH is 2. The molecule has 0 aliphatic rings. The van der Waals surface area contributed by atoms with Crippen LogP contribution >= 0.6 is 11.8 Å². The van der Waals surface area contributed by atoms with Gasteiger partial charge in [-0.3, -0.25) is 0 Å². The van der Waals surface area contributed by atoms with E-state index in [0.717, 1.165) is 0 Å². The molecule has 0 aromatic heterocycles. The van der Waals surface area contributed by atoms with Crippen LogP contribution in [-0.4, -0.2) is 22.1 Å². The van der Waals surface area contributed by atoms with Crippen LogP contribution in [0.1, 0.15) is 25.5 Å². The van der Waals surface area contributed by atoms with Crippen molar-refractivity contribution in [2.45, 2.75) is 30.1 Å². The zero-order chi connectivity index (χ0) is 11.4. The fraction of sp³-hybridized carbons (Fsp3) is 0.455. The Balaban J connectivity index is 2.83. The molecule has 0 aliphatic carbocycles. The standard InChI is InChI=1S/C11H15FO2S/c1-7(6-13)15-11-4-3-9(8(2)14)5-10(11)12/h3-5,7-8,13-14H,6H2,1-2H3. The lowest BCUT2D eigenvalue weighted by atomic mass is 10.1. The van der Waals surface area contributed by atoms with E-state index in [2.05, 4.69) is 0 Å². The summed E-state index contributed by atoms with van der Waals surface area (Å²) in [6, 6.07) is 4.66. The van der Waals surface area contributed by atoms with Gasteiger partial charge in [0.05, 0.1) is 12.7 Å². The van der Waals surface area contributed by atoms with E-state index in [1.165, 1.54) is 17.8 Å². The predicted molar refractivity (Wildman–Crippen MR) is 59.4 cm³/mol. The quantitative estimate of drug-likeness (QED) is 0.780. The van der Waals surface area contributed by atoms with Crippen molar-refractivity contribution in [3.8, 4) is 0 Å². The number of hydrogen-bond acceptors (Lipinski definition) is 3. The first-order chi connectivity index (χ1) is 7.04. The predicted octanol–water partition coefficient (Wildman–Crippen LogP) is 2.35. The maximum absolute atomic E-state index is 13.5. The molecule has 0 fully saturated rings. The highest BCUT2D eigenvalue weighted by molar-refractivity contribution is 8.00. The minimum absolute atomic E-state index is 0.0161. The van der Waals surface area contributed by atoms with Crippen LogP contribution < -0.4 is 0 Å². The molecule has 0 radical (unpaired) electrons. The van der Waals surface area contributed by atoms with Crippen LogP contribution in [0.4, 0.5) is 4.39 Å². The van der Waals surface area contributed by atoms with Gasteiger partial charge in [0.2, 0.25) is 0 Å². The smallest absolute Gasteiger partial charge is 0.137 e. The molecule has 0 spiro atoms. The monoisotopic (exact) mass is 230 g/mol. The molecular formula is C11H15FO2S. The van der Waals surface area contributed by atoms with Crippen LogP contribution in [0.25, 0.3) is 0 Å². The van der Waals surface area contributed by atoms with Crippen molar-refractivity contribution >= 4 is 11.8 Å². The van der Waals surface area contributed by atoms with Gasteiger partial charge in [-0.2, -0.15) is 0 Å². The lowest BCUT2D eigenvalue weighted by Crippen LogP contribution is -2.02. The van der Waals surface area contributed by atoms with Crippen LogP contribution in [0.2, 0.25) is 0 Å². The largest absolute Gasteiger partial charge is 0.395 e. The van der Waals surface area contributed by atoms with Crippen molar-refractivity contribution in [2.75, 3.05) is 6.61 Å². The Morgan fingerprint density at radius 3 is 2.53 bits per heavy atom. The van der Waals surface area contributed by atoms with Crippen molar-refractivity contribution in [3.05, 3.63) is 29.6 Å². The Morgan fingerprint density at radius 2 is 2.07 bits per heavy atom. The van der Waals surface area contributed by atoms with E-state index < -0.39 is 6.10 Å². The second-order valence-electron chi connectivity index (χ2n) is 3.48. The van der Waals surface area contributed by atoms with Gasteiger partial charge in [0.25, 0.3) is 0 Å². The van der Waals surface area contributed by atoms with E-state index in [1.54, 1.807) is 19.1 Å².